The van der Waals surface area contributed by atoms with Crippen LogP contribution in [0.25, 0.3) is 0 Å². The van der Waals surface area contributed by atoms with Crippen molar-refractivity contribution in [2.45, 2.75) is 19.4 Å². The van der Waals surface area contributed by atoms with E-state index in [4.69, 9.17) is 4.74 Å². The van der Waals surface area contributed by atoms with Gasteiger partial charge in [0.15, 0.2) is 6.10 Å². The molecule has 1 aliphatic rings. The number of ether oxygens (including phenoxy) is 1. The number of carbonyl (C=O) groups is 2. The third-order valence-corrected chi connectivity index (χ3v) is 4.10. The molecule has 0 spiro atoms. The second kappa shape index (κ2) is 6.72. The number of benzene rings is 2. The number of nitrogens with zero attached hydrogens (tertiary/aromatic N) is 2. The van der Waals surface area contributed by atoms with E-state index in [1.54, 1.807) is 4.90 Å². The van der Waals surface area contributed by atoms with Crippen LogP contribution in [-0.2, 0) is 16.0 Å². The number of rotatable bonds is 4. The summed E-state index contributed by atoms with van der Waals surface area (Å²) in [5.74, 6) is -0.983. The van der Waals surface area contributed by atoms with Gasteiger partial charge in [0.2, 0.25) is 0 Å². The predicted molar refractivity (Wildman–Crippen MR) is 90.5 cm³/mol. The van der Waals surface area contributed by atoms with E-state index in [1.165, 1.54) is 31.2 Å². The molecular weight excluding hydrogens is 324 g/mol. The smallest absolute Gasteiger partial charge is 0.338 e. The highest BCUT2D eigenvalue weighted by atomic mass is 16.6. The molecule has 1 atom stereocenters. The third-order valence-electron chi connectivity index (χ3n) is 4.10. The van der Waals surface area contributed by atoms with Crippen molar-refractivity contribution < 1.29 is 19.2 Å². The van der Waals surface area contributed by atoms with Gasteiger partial charge in [-0.15, -0.1) is 0 Å². The van der Waals surface area contributed by atoms with Crippen LogP contribution in [0.15, 0.2) is 48.5 Å². The molecule has 0 saturated carbocycles. The zero-order chi connectivity index (χ0) is 18.0. The van der Waals surface area contributed by atoms with Gasteiger partial charge in [-0.1, -0.05) is 18.2 Å². The van der Waals surface area contributed by atoms with Crippen LogP contribution in [0.4, 0.5) is 11.4 Å². The monoisotopic (exact) mass is 340 g/mol. The molecule has 0 N–H and O–H groups in total. The van der Waals surface area contributed by atoms with Gasteiger partial charge in [-0.25, -0.2) is 4.79 Å². The van der Waals surface area contributed by atoms with Crippen molar-refractivity contribution >= 4 is 23.3 Å². The molecule has 1 amide bonds. The maximum absolute atomic E-state index is 12.6. The van der Waals surface area contributed by atoms with Crippen molar-refractivity contribution in [1.82, 2.24) is 0 Å². The van der Waals surface area contributed by atoms with Crippen LogP contribution in [0.3, 0.4) is 0 Å². The second-order valence-electron chi connectivity index (χ2n) is 5.72. The molecule has 1 heterocycles. The predicted octanol–water partition coefficient (Wildman–Crippen LogP) is 2.73. The number of amides is 1. The Labute approximate surface area is 144 Å². The Morgan fingerprint density at radius 3 is 2.52 bits per heavy atom. The molecule has 128 valence electrons. The Hall–Kier alpha value is -3.22. The molecule has 2 aromatic carbocycles. The minimum atomic E-state index is -0.950. The van der Waals surface area contributed by atoms with E-state index in [9.17, 15) is 19.7 Å². The Morgan fingerprint density at radius 2 is 1.84 bits per heavy atom. The number of anilines is 1. The number of para-hydroxylation sites is 1. The largest absolute Gasteiger partial charge is 0.449 e. The molecule has 0 bridgehead atoms. The lowest BCUT2D eigenvalue weighted by atomic mass is 10.2. The van der Waals surface area contributed by atoms with Gasteiger partial charge in [0.1, 0.15) is 0 Å². The van der Waals surface area contributed by atoms with E-state index in [1.807, 2.05) is 24.3 Å². The zero-order valence-corrected chi connectivity index (χ0v) is 13.5. The van der Waals surface area contributed by atoms with Crippen LogP contribution < -0.4 is 4.90 Å². The van der Waals surface area contributed by atoms with Crippen LogP contribution in [0.1, 0.15) is 22.8 Å². The lowest BCUT2D eigenvalue weighted by Gasteiger charge is -2.21. The molecule has 3 rings (SSSR count). The Kier molecular flexibility index (Phi) is 4.47. The minimum absolute atomic E-state index is 0.116. The molecule has 7 heteroatoms. The van der Waals surface area contributed by atoms with Crippen molar-refractivity contribution in [3.05, 3.63) is 69.8 Å². The van der Waals surface area contributed by atoms with Gasteiger partial charge in [0.25, 0.3) is 11.6 Å². The van der Waals surface area contributed by atoms with Crippen molar-refractivity contribution in [1.29, 1.82) is 0 Å². The molecule has 25 heavy (non-hydrogen) atoms. The molecule has 7 nitrogen and oxygen atoms in total. The summed E-state index contributed by atoms with van der Waals surface area (Å²) in [6.45, 7) is 2.07. The SMILES string of the molecule is C[C@H](OC(=O)c1ccc([N+](=O)[O-])cc1)C(=O)N1CCc2ccccc21. The molecule has 0 aliphatic carbocycles. The minimum Gasteiger partial charge on any atom is -0.449 e. The molecule has 0 saturated heterocycles. The molecule has 2 aromatic rings. The average Bonchev–Trinajstić information content (AvgIpc) is 3.05. The quantitative estimate of drug-likeness (QED) is 0.485. The van der Waals surface area contributed by atoms with Crippen LogP contribution in [0, 0.1) is 10.1 Å². The highest BCUT2D eigenvalue weighted by Crippen LogP contribution is 2.28. The van der Waals surface area contributed by atoms with Crippen LogP contribution in [-0.4, -0.2) is 29.4 Å². The summed E-state index contributed by atoms with van der Waals surface area (Å²) in [6.07, 6.45) is -0.181. The summed E-state index contributed by atoms with van der Waals surface area (Å²) in [7, 11) is 0. The fourth-order valence-corrected chi connectivity index (χ4v) is 2.78. The van der Waals surface area contributed by atoms with E-state index >= 15 is 0 Å². The normalized spacial score (nSPS) is 13.9. The summed E-state index contributed by atoms with van der Waals surface area (Å²) in [4.78, 5) is 36.4. The maximum Gasteiger partial charge on any atom is 0.338 e. The molecule has 0 aromatic heterocycles. The fraction of sp³-hybridized carbons (Fsp3) is 0.222. The Morgan fingerprint density at radius 1 is 1.16 bits per heavy atom. The van der Waals surface area contributed by atoms with E-state index in [0.717, 1.165) is 17.7 Å². The molecule has 0 radical (unpaired) electrons. The summed E-state index contributed by atoms with van der Waals surface area (Å²) in [5.41, 5.74) is 1.97. The van der Waals surface area contributed by atoms with E-state index in [2.05, 4.69) is 0 Å². The molecule has 0 fully saturated rings. The second-order valence-corrected chi connectivity index (χ2v) is 5.72. The van der Waals surface area contributed by atoms with E-state index in [-0.39, 0.29) is 17.2 Å². The van der Waals surface area contributed by atoms with E-state index in [0.29, 0.717) is 6.54 Å². The number of hydrogen-bond acceptors (Lipinski definition) is 5. The third kappa shape index (κ3) is 3.35. The number of non-ortho nitro benzene ring substituents is 1. The van der Waals surface area contributed by atoms with Gasteiger partial charge in [0.05, 0.1) is 10.5 Å². The topological polar surface area (TPSA) is 89.7 Å². The summed E-state index contributed by atoms with van der Waals surface area (Å²) in [5, 5.41) is 10.6. The number of esters is 1. The highest BCUT2D eigenvalue weighted by molar-refractivity contribution is 6.00. The first-order chi connectivity index (χ1) is 12.0. The van der Waals surface area contributed by atoms with Gasteiger partial charge in [0, 0.05) is 24.4 Å². The van der Waals surface area contributed by atoms with Gasteiger partial charge in [-0.2, -0.15) is 0 Å². The number of hydrogen-bond donors (Lipinski definition) is 0. The number of nitro groups is 1. The maximum atomic E-state index is 12.6. The lowest BCUT2D eigenvalue weighted by molar-refractivity contribution is -0.384. The Balaban J connectivity index is 1.67. The van der Waals surface area contributed by atoms with Gasteiger partial charge in [-0.05, 0) is 37.1 Å². The summed E-state index contributed by atoms with van der Waals surface area (Å²) < 4.78 is 5.23. The fourth-order valence-electron chi connectivity index (χ4n) is 2.78. The summed E-state index contributed by atoms with van der Waals surface area (Å²) >= 11 is 0. The number of fused-ring (bicyclic) bond motifs is 1. The summed E-state index contributed by atoms with van der Waals surface area (Å²) in [6, 6.07) is 12.7. The number of carbonyl (C=O) groups excluding carboxylic acids is 2. The standard InChI is InChI=1S/C18H16N2O5/c1-12(17(21)19-11-10-13-4-2-3-5-16(13)19)25-18(22)14-6-8-15(9-7-14)20(23)24/h2-9,12H,10-11H2,1H3/t12-/m0/s1. The van der Waals surface area contributed by atoms with Gasteiger partial charge < -0.3 is 9.64 Å². The van der Waals surface area contributed by atoms with Crippen molar-refractivity contribution in [2.75, 3.05) is 11.4 Å². The van der Waals surface area contributed by atoms with Gasteiger partial charge in [-0.3, -0.25) is 14.9 Å². The molecule has 0 unspecified atom stereocenters. The molecule has 1 aliphatic heterocycles. The number of nitro benzene ring substituents is 1. The lowest BCUT2D eigenvalue weighted by Crippen LogP contribution is -2.39. The first-order valence-corrected chi connectivity index (χ1v) is 7.82. The van der Waals surface area contributed by atoms with Crippen molar-refractivity contribution in [3.63, 3.8) is 0 Å². The average molecular weight is 340 g/mol. The molecular formula is C18H16N2O5. The first-order valence-electron chi connectivity index (χ1n) is 7.82. The van der Waals surface area contributed by atoms with E-state index < -0.39 is 17.0 Å². The Bertz CT molecular complexity index is 832. The van der Waals surface area contributed by atoms with Gasteiger partial charge >= 0.3 is 5.97 Å². The van der Waals surface area contributed by atoms with Crippen LogP contribution in [0.2, 0.25) is 0 Å². The zero-order valence-electron chi connectivity index (χ0n) is 13.5. The van der Waals surface area contributed by atoms with Crippen LogP contribution in [0.5, 0.6) is 0 Å². The first kappa shape index (κ1) is 16.6. The van der Waals surface area contributed by atoms with Crippen molar-refractivity contribution in [3.8, 4) is 0 Å². The highest BCUT2D eigenvalue weighted by Gasteiger charge is 2.30. The van der Waals surface area contributed by atoms with Crippen molar-refractivity contribution in [2.24, 2.45) is 0 Å². The van der Waals surface area contributed by atoms with Crippen LogP contribution >= 0.6 is 0 Å².